The van der Waals surface area contributed by atoms with Crippen LogP contribution in [0.5, 0.6) is 5.75 Å². The van der Waals surface area contributed by atoms with Crippen molar-refractivity contribution in [2.24, 2.45) is 11.3 Å². The second-order valence-corrected chi connectivity index (χ2v) is 5.80. The molecule has 1 saturated carbocycles. The minimum Gasteiger partial charge on any atom is -0.497 e. The Hall–Kier alpha value is -1.02. The second kappa shape index (κ2) is 3.99. The van der Waals surface area contributed by atoms with E-state index in [1.165, 1.54) is 11.1 Å². The van der Waals surface area contributed by atoms with Gasteiger partial charge in [-0.15, -0.1) is 0 Å². The quantitative estimate of drug-likeness (QED) is 0.888. The predicted molar refractivity (Wildman–Crippen MR) is 72.0 cm³/mol. The number of benzene rings is 1. The van der Waals surface area contributed by atoms with Crippen molar-refractivity contribution in [1.82, 2.24) is 0 Å². The Kier molecular flexibility index (Phi) is 2.67. The lowest BCUT2D eigenvalue weighted by atomic mass is 9.49. The molecule has 1 aromatic carbocycles. The first kappa shape index (κ1) is 12.0. The average molecular weight is 246 g/mol. The van der Waals surface area contributed by atoms with Gasteiger partial charge in [-0.05, 0) is 54.4 Å². The van der Waals surface area contributed by atoms with Gasteiger partial charge in [-0.1, -0.05) is 19.9 Å². The topological polar surface area (TPSA) is 29.5 Å². The van der Waals surface area contributed by atoms with Crippen LogP contribution in [0.3, 0.4) is 0 Å². The van der Waals surface area contributed by atoms with Crippen LogP contribution in [0.2, 0.25) is 0 Å². The minimum absolute atomic E-state index is 0.0995. The zero-order chi connectivity index (χ0) is 12.9. The summed E-state index contributed by atoms with van der Waals surface area (Å²) >= 11 is 0. The van der Waals surface area contributed by atoms with Crippen LogP contribution in [0.4, 0.5) is 0 Å². The van der Waals surface area contributed by atoms with Gasteiger partial charge in [0.1, 0.15) is 5.75 Å². The SMILES string of the molecule is CCC1(CC)C(O)C2Cc3ccc(OC)cc3C21. The lowest BCUT2D eigenvalue weighted by Gasteiger charge is -2.57. The summed E-state index contributed by atoms with van der Waals surface area (Å²) in [5.74, 6) is 1.91. The van der Waals surface area contributed by atoms with Gasteiger partial charge in [-0.3, -0.25) is 0 Å². The molecule has 1 fully saturated rings. The first-order chi connectivity index (χ1) is 8.67. The lowest BCUT2D eigenvalue weighted by Crippen LogP contribution is -2.57. The third kappa shape index (κ3) is 1.27. The highest BCUT2D eigenvalue weighted by molar-refractivity contribution is 5.46. The molecular formula is C16H22O2. The van der Waals surface area contributed by atoms with Crippen LogP contribution in [0, 0.1) is 11.3 Å². The molecule has 2 aliphatic carbocycles. The van der Waals surface area contributed by atoms with Gasteiger partial charge in [0.2, 0.25) is 0 Å². The van der Waals surface area contributed by atoms with Crippen LogP contribution in [0.1, 0.15) is 43.7 Å². The van der Waals surface area contributed by atoms with Crippen LogP contribution in [-0.4, -0.2) is 18.3 Å². The predicted octanol–water partition coefficient (Wildman–Crippen LogP) is 3.13. The van der Waals surface area contributed by atoms with E-state index in [0.717, 1.165) is 25.0 Å². The molecule has 2 heteroatoms. The molecule has 98 valence electrons. The molecular weight excluding hydrogens is 224 g/mol. The largest absolute Gasteiger partial charge is 0.497 e. The lowest BCUT2D eigenvalue weighted by molar-refractivity contribution is -0.141. The first-order valence-corrected chi connectivity index (χ1v) is 7.02. The molecule has 0 aromatic heterocycles. The molecule has 0 amide bonds. The van der Waals surface area contributed by atoms with E-state index in [4.69, 9.17) is 4.74 Å². The maximum atomic E-state index is 10.5. The van der Waals surface area contributed by atoms with Crippen molar-refractivity contribution < 1.29 is 9.84 Å². The van der Waals surface area contributed by atoms with E-state index in [2.05, 4.69) is 26.0 Å². The Morgan fingerprint density at radius 3 is 2.67 bits per heavy atom. The fourth-order valence-electron chi connectivity index (χ4n) is 4.41. The summed E-state index contributed by atoms with van der Waals surface area (Å²) in [4.78, 5) is 0. The molecule has 0 heterocycles. The highest BCUT2D eigenvalue weighted by atomic mass is 16.5. The van der Waals surface area contributed by atoms with Gasteiger partial charge in [0.15, 0.2) is 0 Å². The number of methoxy groups -OCH3 is 1. The molecule has 0 saturated heterocycles. The van der Waals surface area contributed by atoms with Crippen LogP contribution in [0.15, 0.2) is 18.2 Å². The summed E-state index contributed by atoms with van der Waals surface area (Å²) in [5.41, 5.74) is 2.93. The number of hydrogen-bond acceptors (Lipinski definition) is 2. The summed E-state index contributed by atoms with van der Waals surface area (Å²) in [5, 5.41) is 10.5. The average Bonchev–Trinajstić information content (AvgIpc) is 2.76. The highest BCUT2D eigenvalue weighted by Gasteiger charge is 2.62. The molecule has 3 rings (SSSR count). The Morgan fingerprint density at radius 2 is 2.06 bits per heavy atom. The van der Waals surface area contributed by atoms with E-state index in [-0.39, 0.29) is 11.5 Å². The van der Waals surface area contributed by atoms with Crippen molar-refractivity contribution >= 4 is 0 Å². The molecule has 1 aromatic rings. The Labute approximate surface area is 109 Å². The second-order valence-electron chi connectivity index (χ2n) is 5.80. The minimum atomic E-state index is -0.129. The van der Waals surface area contributed by atoms with Crippen molar-refractivity contribution in [2.45, 2.75) is 45.1 Å². The highest BCUT2D eigenvalue weighted by Crippen LogP contribution is 2.65. The van der Waals surface area contributed by atoms with E-state index < -0.39 is 0 Å². The van der Waals surface area contributed by atoms with E-state index >= 15 is 0 Å². The molecule has 2 nitrogen and oxygen atoms in total. The third-order valence-electron chi connectivity index (χ3n) is 5.50. The summed E-state index contributed by atoms with van der Waals surface area (Å²) in [7, 11) is 1.72. The number of hydrogen-bond donors (Lipinski definition) is 1. The van der Waals surface area contributed by atoms with E-state index in [1.54, 1.807) is 7.11 Å². The molecule has 3 atom stereocenters. The fourth-order valence-corrected chi connectivity index (χ4v) is 4.41. The Morgan fingerprint density at radius 1 is 1.33 bits per heavy atom. The maximum absolute atomic E-state index is 10.5. The van der Waals surface area contributed by atoms with E-state index in [0.29, 0.717) is 11.8 Å². The number of fused-ring (bicyclic) bond motifs is 3. The van der Waals surface area contributed by atoms with Crippen molar-refractivity contribution in [1.29, 1.82) is 0 Å². The number of aliphatic hydroxyl groups is 1. The molecule has 0 bridgehead atoms. The van der Waals surface area contributed by atoms with Crippen molar-refractivity contribution in [3.63, 3.8) is 0 Å². The van der Waals surface area contributed by atoms with Gasteiger partial charge in [0.25, 0.3) is 0 Å². The summed E-state index contributed by atoms with van der Waals surface area (Å²) in [6, 6.07) is 6.40. The molecule has 0 radical (unpaired) electrons. The maximum Gasteiger partial charge on any atom is 0.119 e. The molecule has 2 aliphatic rings. The zero-order valence-corrected chi connectivity index (χ0v) is 11.4. The molecule has 3 unspecified atom stereocenters. The van der Waals surface area contributed by atoms with Crippen molar-refractivity contribution in [2.75, 3.05) is 7.11 Å². The van der Waals surface area contributed by atoms with Crippen LogP contribution >= 0.6 is 0 Å². The van der Waals surface area contributed by atoms with Crippen molar-refractivity contribution in [3.8, 4) is 5.75 Å². The summed E-state index contributed by atoms with van der Waals surface area (Å²) in [6.07, 6.45) is 3.02. The standard InChI is InChI=1S/C16H22O2/c1-4-16(5-2)14-12-9-11(18-3)7-6-10(12)8-13(14)15(16)17/h6-7,9,13-15,17H,4-5,8H2,1-3H3. The molecule has 0 spiro atoms. The van der Waals surface area contributed by atoms with Gasteiger partial charge in [0, 0.05) is 5.41 Å². The number of aliphatic hydroxyl groups excluding tert-OH is 1. The zero-order valence-electron chi connectivity index (χ0n) is 11.4. The monoisotopic (exact) mass is 246 g/mol. The Bertz CT molecular complexity index is 462. The Balaban J connectivity index is 2.04. The van der Waals surface area contributed by atoms with Crippen LogP contribution in [0.25, 0.3) is 0 Å². The molecule has 18 heavy (non-hydrogen) atoms. The van der Waals surface area contributed by atoms with E-state index in [9.17, 15) is 5.11 Å². The number of rotatable bonds is 3. The summed E-state index contributed by atoms with van der Waals surface area (Å²) in [6.45, 7) is 4.42. The smallest absolute Gasteiger partial charge is 0.119 e. The van der Waals surface area contributed by atoms with Gasteiger partial charge in [-0.2, -0.15) is 0 Å². The summed E-state index contributed by atoms with van der Waals surface area (Å²) < 4.78 is 5.35. The molecule has 1 N–H and O–H groups in total. The van der Waals surface area contributed by atoms with Gasteiger partial charge in [-0.25, -0.2) is 0 Å². The van der Waals surface area contributed by atoms with Crippen LogP contribution < -0.4 is 4.74 Å². The molecule has 0 aliphatic heterocycles. The van der Waals surface area contributed by atoms with Gasteiger partial charge in [0.05, 0.1) is 13.2 Å². The van der Waals surface area contributed by atoms with Gasteiger partial charge >= 0.3 is 0 Å². The first-order valence-electron chi connectivity index (χ1n) is 7.02. The normalized spacial score (nSPS) is 31.4. The van der Waals surface area contributed by atoms with Crippen molar-refractivity contribution in [3.05, 3.63) is 29.3 Å². The number of ether oxygens (including phenoxy) is 1. The van der Waals surface area contributed by atoms with Crippen LogP contribution in [-0.2, 0) is 6.42 Å². The van der Waals surface area contributed by atoms with E-state index in [1.807, 2.05) is 6.07 Å². The van der Waals surface area contributed by atoms with Gasteiger partial charge < -0.3 is 9.84 Å². The fraction of sp³-hybridized carbons (Fsp3) is 0.625. The third-order valence-corrected chi connectivity index (χ3v) is 5.50.